The van der Waals surface area contributed by atoms with Crippen LogP contribution in [0.1, 0.15) is 0 Å². The number of nitro groups is 1. The maximum Gasteiger partial charge on any atom is 0.332 e. The first kappa shape index (κ1) is 9.96. The van der Waals surface area contributed by atoms with E-state index in [1.807, 2.05) is 0 Å². The first-order chi connectivity index (χ1) is 7.72. The topological polar surface area (TPSA) is 112 Å². The Kier molecular flexibility index (Phi) is 2.42. The summed E-state index contributed by atoms with van der Waals surface area (Å²) in [6.45, 7) is 0. The van der Waals surface area contributed by atoms with Crippen molar-refractivity contribution in [1.82, 2.24) is 24.7 Å². The Morgan fingerprint density at radius 2 is 2.38 bits per heavy atom. The van der Waals surface area contributed by atoms with Crippen LogP contribution in [0.4, 0.5) is 11.6 Å². The smallest absolute Gasteiger partial charge is 0.332 e. The lowest BCUT2D eigenvalue weighted by Gasteiger charge is -2.02. The third-order valence-corrected chi connectivity index (χ3v) is 1.81. The minimum atomic E-state index is -0.573. The summed E-state index contributed by atoms with van der Waals surface area (Å²) in [5.74, 6) is 0.345. The lowest BCUT2D eigenvalue weighted by molar-refractivity contribution is -0.385. The van der Waals surface area contributed by atoms with Crippen LogP contribution in [0.15, 0.2) is 18.9 Å². The predicted molar refractivity (Wildman–Crippen MR) is 53.2 cm³/mol. The molecule has 1 N–H and O–H groups in total. The molecule has 0 unspecified atom stereocenters. The highest BCUT2D eigenvalue weighted by molar-refractivity contribution is 5.47. The van der Waals surface area contributed by atoms with E-state index in [1.54, 1.807) is 7.05 Å². The fourth-order valence-electron chi connectivity index (χ4n) is 1.10. The van der Waals surface area contributed by atoms with E-state index in [4.69, 9.17) is 0 Å². The summed E-state index contributed by atoms with van der Waals surface area (Å²) in [6, 6.07) is 0. The zero-order valence-corrected chi connectivity index (χ0v) is 8.23. The SMILES string of the molecule is CNc1ncc([N+](=O)[O-])c(-n2cncn2)n1. The largest absolute Gasteiger partial charge is 0.357 e. The normalized spacial score (nSPS) is 10.1. The fourth-order valence-corrected chi connectivity index (χ4v) is 1.10. The standard InChI is InChI=1S/C7H7N7O2/c1-8-7-10-2-5(14(15)16)6(12-7)13-4-9-3-11-13/h2-4H,1H3,(H,8,10,12). The Labute approximate surface area is 89.3 Å². The van der Waals surface area contributed by atoms with Crippen molar-refractivity contribution in [2.24, 2.45) is 0 Å². The van der Waals surface area contributed by atoms with Gasteiger partial charge in [-0.15, -0.1) is 0 Å². The van der Waals surface area contributed by atoms with Crippen LogP contribution in [0.2, 0.25) is 0 Å². The molecule has 0 radical (unpaired) electrons. The molecular weight excluding hydrogens is 214 g/mol. The quantitative estimate of drug-likeness (QED) is 0.573. The van der Waals surface area contributed by atoms with Gasteiger partial charge in [0.25, 0.3) is 0 Å². The molecule has 0 aromatic carbocycles. The molecule has 0 spiro atoms. The van der Waals surface area contributed by atoms with Gasteiger partial charge >= 0.3 is 5.69 Å². The van der Waals surface area contributed by atoms with Gasteiger partial charge in [-0.3, -0.25) is 10.1 Å². The molecule has 2 heterocycles. The monoisotopic (exact) mass is 221 g/mol. The molecule has 0 saturated heterocycles. The van der Waals surface area contributed by atoms with Crippen LogP contribution in [0.25, 0.3) is 5.82 Å². The second-order valence-corrected chi connectivity index (χ2v) is 2.75. The Morgan fingerprint density at radius 3 is 2.94 bits per heavy atom. The van der Waals surface area contributed by atoms with Gasteiger partial charge in [-0.2, -0.15) is 14.8 Å². The van der Waals surface area contributed by atoms with E-state index in [9.17, 15) is 10.1 Å². The van der Waals surface area contributed by atoms with Gasteiger partial charge in [-0.1, -0.05) is 0 Å². The Morgan fingerprint density at radius 1 is 1.56 bits per heavy atom. The average molecular weight is 221 g/mol. The van der Waals surface area contributed by atoms with E-state index in [-0.39, 0.29) is 17.5 Å². The summed E-state index contributed by atoms with van der Waals surface area (Å²) in [5.41, 5.74) is -0.232. The van der Waals surface area contributed by atoms with Crippen molar-refractivity contribution < 1.29 is 4.92 Å². The molecule has 0 saturated carbocycles. The lowest BCUT2D eigenvalue weighted by atomic mass is 10.5. The van der Waals surface area contributed by atoms with Crippen molar-refractivity contribution in [2.45, 2.75) is 0 Å². The molecule has 16 heavy (non-hydrogen) atoms. The Bertz CT molecular complexity index is 509. The summed E-state index contributed by atoms with van der Waals surface area (Å²) in [7, 11) is 1.62. The number of nitrogens with one attached hydrogen (secondary N) is 1. The minimum absolute atomic E-state index is 0.0712. The summed E-state index contributed by atoms with van der Waals surface area (Å²) in [4.78, 5) is 21.6. The number of hydrogen-bond donors (Lipinski definition) is 1. The third-order valence-electron chi connectivity index (χ3n) is 1.81. The molecule has 9 nitrogen and oxygen atoms in total. The molecule has 0 aliphatic heterocycles. The second-order valence-electron chi connectivity index (χ2n) is 2.75. The molecular formula is C7H7N7O2. The maximum atomic E-state index is 10.8. The van der Waals surface area contributed by atoms with Crippen LogP contribution in [0.3, 0.4) is 0 Å². The molecule has 0 aliphatic rings. The van der Waals surface area contributed by atoms with Gasteiger partial charge in [-0.25, -0.2) is 9.97 Å². The molecule has 9 heteroatoms. The number of rotatable bonds is 3. The molecule has 0 fully saturated rings. The van der Waals surface area contributed by atoms with Crippen molar-refractivity contribution in [1.29, 1.82) is 0 Å². The predicted octanol–water partition coefficient (Wildman–Crippen LogP) is 0.00720. The van der Waals surface area contributed by atoms with Crippen molar-refractivity contribution in [3.8, 4) is 5.82 Å². The fraction of sp³-hybridized carbons (Fsp3) is 0.143. The molecule has 2 rings (SSSR count). The van der Waals surface area contributed by atoms with E-state index >= 15 is 0 Å². The summed E-state index contributed by atoms with van der Waals surface area (Å²) in [6.07, 6.45) is 3.72. The first-order valence-corrected chi connectivity index (χ1v) is 4.26. The number of hydrogen-bond acceptors (Lipinski definition) is 7. The minimum Gasteiger partial charge on any atom is -0.357 e. The van der Waals surface area contributed by atoms with Crippen LogP contribution in [0.5, 0.6) is 0 Å². The van der Waals surface area contributed by atoms with Gasteiger partial charge in [0, 0.05) is 7.05 Å². The molecule has 0 atom stereocenters. The maximum absolute atomic E-state index is 10.8. The highest BCUT2D eigenvalue weighted by Crippen LogP contribution is 2.19. The van der Waals surface area contributed by atoms with Crippen molar-refractivity contribution >= 4 is 11.6 Å². The van der Waals surface area contributed by atoms with E-state index in [1.165, 1.54) is 17.3 Å². The number of anilines is 1. The Balaban J connectivity index is 2.59. The van der Waals surface area contributed by atoms with Gasteiger partial charge < -0.3 is 5.32 Å². The van der Waals surface area contributed by atoms with Crippen LogP contribution in [0, 0.1) is 10.1 Å². The lowest BCUT2D eigenvalue weighted by Crippen LogP contribution is -2.07. The average Bonchev–Trinajstić information content (AvgIpc) is 2.81. The van der Waals surface area contributed by atoms with E-state index in [0.29, 0.717) is 0 Å². The van der Waals surface area contributed by atoms with E-state index in [2.05, 4.69) is 25.4 Å². The van der Waals surface area contributed by atoms with Crippen molar-refractivity contribution in [3.05, 3.63) is 29.0 Å². The van der Waals surface area contributed by atoms with E-state index < -0.39 is 4.92 Å². The zero-order chi connectivity index (χ0) is 11.5. The second kappa shape index (κ2) is 3.88. The molecule has 0 aliphatic carbocycles. The highest BCUT2D eigenvalue weighted by atomic mass is 16.6. The summed E-state index contributed by atoms with van der Waals surface area (Å²) < 4.78 is 1.21. The molecule has 0 amide bonds. The first-order valence-electron chi connectivity index (χ1n) is 4.26. The van der Waals surface area contributed by atoms with Gasteiger partial charge in [0.05, 0.1) is 4.92 Å². The number of nitrogens with zero attached hydrogens (tertiary/aromatic N) is 6. The van der Waals surface area contributed by atoms with Gasteiger partial charge in [-0.05, 0) is 0 Å². The van der Waals surface area contributed by atoms with Crippen LogP contribution in [-0.4, -0.2) is 36.7 Å². The van der Waals surface area contributed by atoms with Gasteiger partial charge in [0.1, 0.15) is 18.9 Å². The zero-order valence-electron chi connectivity index (χ0n) is 8.23. The number of aromatic nitrogens is 5. The molecule has 82 valence electrons. The summed E-state index contributed by atoms with van der Waals surface area (Å²) in [5, 5.41) is 17.2. The van der Waals surface area contributed by atoms with Gasteiger partial charge in [0.2, 0.25) is 11.8 Å². The van der Waals surface area contributed by atoms with Crippen molar-refractivity contribution in [2.75, 3.05) is 12.4 Å². The third kappa shape index (κ3) is 1.65. The highest BCUT2D eigenvalue weighted by Gasteiger charge is 2.19. The summed E-state index contributed by atoms with van der Waals surface area (Å²) >= 11 is 0. The molecule has 2 aromatic heterocycles. The Hall–Kier alpha value is -2.58. The van der Waals surface area contributed by atoms with Crippen LogP contribution >= 0.6 is 0 Å². The van der Waals surface area contributed by atoms with E-state index in [0.717, 1.165) is 6.20 Å². The van der Waals surface area contributed by atoms with Crippen LogP contribution in [-0.2, 0) is 0 Å². The van der Waals surface area contributed by atoms with Crippen molar-refractivity contribution in [3.63, 3.8) is 0 Å². The van der Waals surface area contributed by atoms with Gasteiger partial charge in [0.15, 0.2) is 0 Å². The molecule has 0 bridgehead atoms. The molecule has 2 aromatic rings. The van der Waals surface area contributed by atoms with Crippen LogP contribution < -0.4 is 5.32 Å².